The Morgan fingerprint density at radius 1 is 1.33 bits per heavy atom. The van der Waals surface area contributed by atoms with Gasteiger partial charge in [0.1, 0.15) is 0 Å². The molecule has 0 radical (unpaired) electrons. The molecule has 1 aromatic carbocycles. The summed E-state index contributed by atoms with van der Waals surface area (Å²) in [6.07, 6.45) is 1.96. The number of hydrogen-bond donors (Lipinski definition) is 2. The van der Waals surface area contributed by atoms with E-state index in [9.17, 15) is 5.11 Å². The van der Waals surface area contributed by atoms with Gasteiger partial charge in [-0.15, -0.1) is 0 Å². The standard InChI is InChI=1S/C15H24N2O/c1-2-9-17-10-8-14(15(18)12-17)16-11-13-6-4-3-5-7-13/h3-7,14-16,18H,2,8-12H2,1H3. The lowest BCUT2D eigenvalue weighted by Crippen LogP contribution is -2.52. The van der Waals surface area contributed by atoms with E-state index in [-0.39, 0.29) is 12.1 Å². The molecule has 2 unspecified atom stereocenters. The number of piperidine rings is 1. The molecule has 1 fully saturated rings. The van der Waals surface area contributed by atoms with Crippen molar-refractivity contribution >= 4 is 0 Å². The first-order valence-electron chi connectivity index (χ1n) is 6.97. The Morgan fingerprint density at radius 3 is 2.78 bits per heavy atom. The number of hydrogen-bond acceptors (Lipinski definition) is 3. The molecule has 3 heteroatoms. The zero-order valence-electron chi connectivity index (χ0n) is 11.2. The van der Waals surface area contributed by atoms with Crippen LogP contribution in [0.3, 0.4) is 0 Å². The molecule has 1 aliphatic rings. The van der Waals surface area contributed by atoms with E-state index in [2.05, 4.69) is 41.4 Å². The van der Waals surface area contributed by atoms with Gasteiger partial charge in [-0.3, -0.25) is 0 Å². The number of rotatable bonds is 5. The lowest BCUT2D eigenvalue weighted by Gasteiger charge is -2.36. The predicted molar refractivity (Wildman–Crippen MR) is 74.4 cm³/mol. The van der Waals surface area contributed by atoms with Gasteiger partial charge < -0.3 is 15.3 Å². The third-order valence-electron chi connectivity index (χ3n) is 3.62. The van der Waals surface area contributed by atoms with E-state index < -0.39 is 0 Å². The number of nitrogens with zero attached hydrogens (tertiary/aromatic N) is 1. The first-order chi connectivity index (χ1) is 8.79. The van der Waals surface area contributed by atoms with Gasteiger partial charge in [-0.2, -0.15) is 0 Å². The highest BCUT2D eigenvalue weighted by Gasteiger charge is 2.26. The van der Waals surface area contributed by atoms with Crippen LogP contribution in [0.25, 0.3) is 0 Å². The molecule has 0 aromatic heterocycles. The van der Waals surface area contributed by atoms with Crippen LogP contribution >= 0.6 is 0 Å². The van der Waals surface area contributed by atoms with Gasteiger partial charge in [0.05, 0.1) is 6.10 Å². The number of nitrogens with one attached hydrogen (secondary N) is 1. The Hall–Kier alpha value is -0.900. The average molecular weight is 248 g/mol. The summed E-state index contributed by atoms with van der Waals surface area (Å²) in [5.74, 6) is 0. The smallest absolute Gasteiger partial charge is 0.0820 e. The van der Waals surface area contributed by atoms with Gasteiger partial charge in [0.25, 0.3) is 0 Å². The molecule has 1 aromatic rings. The molecular formula is C15H24N2O. The van der Waals surface area contributed by atoms with Gasteiger partial charge in [-0.05, 0) is 31.5 Å². The van der Waals surface area contributed by atoms with Crippen molar-refractivity contribution < 1.29 is 5.11 Å². The van der Waals surface area contributed by atoms with Crippen LogP contribution in [0.4, 0.5) is 0 Å². The van der Waals surface area contributed by atoms with E-state index >= 15 is 0 Å². The lowest BCUT2D eigenvalue weighted by molar-refractivity contribution is 0.0400. The van der Waals surface area contributed by atoms with Crippen molar-refractivity contribution in [1.82, 2.24) is 10.2 Å². The SMILES string of the molecule is CCCN1CCC(NCc2ccccc2)C(O)C1. The minimum absolute atomic E-state index is 0.235. The third kappa shape index (κ3) is 3.80. The zero-order valence-corrected chi connectivity index (χ0v) is 11.2. The number of aliphatic hydroxyl groups is 1. The highest BCUT2D eigenvalue weighted by Crippen LogP contribution is 2.12. The Balaban J connectivity index is 1.77. The molecule has 0 aliphatic carbocycles. The van der Waals surface area contributed by atoms with Gasteiger partial charge in [-0.1, -0.05) is 37.3 Å². The summed E-state index contributed by atoms with van der Waals surface area (Å²) >= 11 is 0. The van der Waals surface area contributed by atoms with Crippen LogP contribution in [-0.4, -0.2) is 41.8 Å². The zero-order chi connectivity index (χ0) is 12.8. The maximum atomic E-state index is 10.1. The molecular weight excluding hydrogens is 224 g/mol. The van der Waals surface area contributed by atoms with E-state index in [0.717, 1.165) is 39.0 Å². The van der Waals surface area contributed by atoms with Crippen LogP contribution in [-0.2, 0) is 6.54 Å². The molecule has 0 amide bonds. The fraction of sp³-hybridized carbons (Fsp3) is 0.600. The molecule has 1 aliphatic heterocycles. The van der Waals surface area contributed by atoms with Crippen LogP contribution in [0.5, 0.6) is 0 Å². The highest BCUT2D eigenvalue weighted by molar-refractivity contribution is 5.14. The molecule has 2 N–H and O–H groups in total. The summed E-state index contributed by atoms with van der Waals surface area (Å²) in [7, 11) is 0. The van der Waals surface area contributed by atoms with Crippen molar-refractivity contribution in [2.24, 2.45) is 0 Å². The van der Waals surface area contributed by atoms with Crippen LogP contribution in [0.1, 0.15) is 25.3 Å². The maximum absolute atomic E-state index is 10.1. The number of β-amino-alcohol motifs (C(OH)–C–C–N with tert-alkyl or cyclic N) is 1. The molecule has 1 heterocycles. The second-order valence-electron chi connectivity index (χ2n) is 5.13. The fourth-order valence-electron chi connectivity index (χ4n) is 2.60. The molecule has 3 nitrogen and oxygen atoms in total. The highest BCUT2D eigenvalue weighted by atomic mass is 16.3. The normalized spacial score (nSPS) is 25.2. The fourth-order valence-corrected chi connectivity index (χ4v) is 2.60. The van der Waals surface area contributed by atoms with E-state index in [0.29, 0.717) is 0 Å². The van der Waals surface area contributed by atoms with Crippen molar-refractivity contribution in [3.8, 4) is 0 Å². The summed E-state index contributed by atoms with van der Waals surface area (Å²) in [6.45, 7) is 6.03. The molecule has 0 bridgehead atoms. The summed E-state index contributed by atoms with van der Waals surface area (Å²) in [4.78, 5) is 2.35. The monoisotopic (exact) mass is 248 g/mol. The Kier molecular flexibility index (Phi) is 5.17. The van der Waals surface area contributed by atoms with Crippen LogP contribution in [0, 0.1) is 0 Å². The van der Waals surface area contributed by atoms with Crippen LogP contribution in [0.2, 0.25) is 0 Å². The maximum Gasteiger partial charge on any atom is 0.0820 e. The first-order valence-corrected chi connectivity index (χ1v) is 6.97. The Labute approximate surface area is 110 Å². The van der Waals surface area contributed by atoms with Gasteiger partial charge in [0.15, 0.2) is 0 Å². The van der Waals surface area contributed by atoms with Crippen LogP contribution in [0.15, 0.2) is 30.3 Å². The van der Waals surface area contributed by atoms with Gasteiger partial charge in [0.2, 0.25) is 0 Å². The van der Waals surface area contributed by atoms with E-state index in [1.807, 2.05) is 6.07 Å². The molecule has 2 atom stereocenters. The van der Waals surface area contributed by atoms with Crippen molar-refractivity contribution in [1.29, 1.82) is 0 Å². The number of likely N-dealkylation sites (tertiary alicyclic amines) is 1. The molecule has 100 valence electrons. The average Bonchev–Trinajstić information content (AvgIpc) is 2.39. The summed E-state index contributed by atoms with van der Waals surface area (Å²) in [5, 5.41) is 13.6. The minimum Gasteiger partial charge on any atom is -0.390 e. The molecule has 18 heavy (non-hydrogen) atoms. The van der Waals surface area contributed by atoms with Crippen molar-refractivity contribution in [3.63, 3.8) is 0 Å². The summed E-state index contributed by atoms with van der Waals surface area (Å²) in [5.41, 5.74) is 1.28. The van der Waals surface area contributed by atoms with Crippen LogP contribution < -0.4 is 5.32 Å². The summed E-state index contributed by atoms with van der Waals surface area (Å²) < 4.78 is 0. The molecule has 1 saturated heterocycles. The Bertz CT molecular complexity index is 342. The lowest BCUT2D eigenvalue weighted by atomic mass is 10.0. The topological polar surface area (TPSA) is 35.5 Å². The van der Waals surface area contributed by atoms with Crippen molar-refractivity contribution in [2.75, 3.05) is 19.6 Å². The molecule has 0 spiro atoms. The number of benzene rings is 1. The van der Waals surface area contributed by atoms with Crippen molar-refractivity contribution in [2.45, 2.75) is 38.5 Å². The second kappa shape index (κ2) is 6.88. The quantitative estimate of drug-likeness (QED) is 0.831. The van der Waals surface area contributed by atoms with Crippen molar-refractivity contribution in [3.05, 3.63) is 35.9 Å². The minimum atomic E-state index is -0.242. The molecule has 0 saturated carbocycles. The predicted octanol–water partition coefficient (Wildman–Crippen LogP) is 1.62. The number of aliphatic hydroxyl groups excluding tert-OH is 1. The van der Waals surface area contributed by atoms with E-state index in [1.165, 1.54) is 5.56 Å². The second-order valence-corrected chi connectivity index (χ2v) is 5.13. The Morgan fingerprint density at radius 2 is 2.11 bits per heavy atom. The van der Waals surface area contributed by atoms with Gasteiger partial charge in [-0.25, -0.2) is 0 Å². The molecule has 2 rings (SSSR count). The first kappa shape index (κ1) is 13.5. The van der Waals surface area contributed by atoms with Gasteiger partial charge in [0, 0.05) is 19.1 Å². The largest absolute Gasteiger partial charge is 0.390 e. The summed E-state index contributed by atoms with van der Waals surface area (Å²) in [6, 6.07) is 10.6. The van der Waals surface area contributed by atoms with E-state index in [1.54, 1.807) is 0 Å². The third-order valence-corrected chi connectivity index (χ3v) is 3.62. The van der Waals surface area contributed by atoms with E-state index in [4.69, 9.17) is 0 Å². The van der Waals surface area contributed by atoms with Gasteiger partial charge >= 0.3 is 0 Å².